The summed E-state index contributed by atoms with van der Waals surface area (Å²) in [6.07, 6.45) is 7.83. The Labute approximate surface area is 115 Å². The Morgan fingerprint density at radius 1 is 1.37 bits per heavy atom. The van der Waals surface area contributed by atoms with Gasteiger partial charge in [-0.2, -0.15) is 0 Å². The van der Waals surface area contributed by atoms with Crippen molar-refractivity contribution in [1.29, 1.82) is 0 Å². The van der Waals surface area contributed by atoms with Crippen LogP contribution in [0.1, 0.15) is 46.5 Å². The second-order valence-electron chi connectivity index (χ2n) is 5.21. The zero-order valence-electron chi connectivity index (χ0n) is 12.0. The number of hydrogen-bond acceptors (Lipinski definition) is 2. The first-order chi connectivity index (χ1) is 8.83. The molecule has 0 amide bonds. The monoisotopic (exact) mass is 266 g/mol. The van der Waals surface area contributed by atoms with Crippen molar-refractivity contribution >= 4 is 12.1 Å². The zero-order valence-corrected chi connectivity index (χ0v) is 12.0. The lowest BCUT2D eigenvalue weighted by Crippen LogP contribution is -2.23. The smallest absolute Gasteiger partial charge is 0.150 e. The van der Waals surface area contributed by atoms with Crippen LogP contribution in [0.25, 0.3) is 0 Å². The third-order valence-corrected chi connectivity index (χ3v) is 2.94. The number of carbonyl (C=O) groups excluding carboxylic acids is 2. The molecule has 0 saturated carbocycles. The lowest BCUT2D eigenvalue weighted by molar-refractivity contribution is -0.127. The van der Waals surface area contributed by atoms with Crippen LogP contribution in [0.4, 0.5) is 4.39 Å². The molecule has 3 heteroatoms. The summed E-state index contributed by atoms with van der Waals surface area (Å²) in [6, 6.07) is 0. The van der Waals surface area contributed by atoms with Crippen LogP contribution in [-0.2, 0) is 9.59 Å². The average Bonchev–Trinajstić information content (AvgIpc) is 2.32. The number of aldehydes is 1. The van der Waals surface area contributed by atoms with E-state index in [0.29, 0.717) is 25.5 Å². The van der Waals surface area contributed by atoms with Crippen molar-refractivity contribution in [2.24, 2.45) is 5.41 Å². The van der Waals surface area contributed by atoms with Crippen LogP contribution in [0.15, 0.2) is 36.2 Å². The highest BCUT2D eigenvalue weighted by Crippen LogP contribution is 2.26. The molecule has 0 saturated heterocycles. The highest BCUT2D eigenvalue weighted by molar-refractivity contribution is 5.84. The first-order valence-electron chi connectivity index (χ1n) is 6.54. The van der Waals surface area contributed by atoms with Gasteiger partial charge in [0, 0.05) is 17.4 Å². The van der Waals surface area contributed by atoms with Crippen LogP contribution in [0.2, 0.25) is 0 Å². The minimum atomic E-state index is -0.648. The third-order valence-electron chi connectivity index (χ3n) is 2.94. The van der Waals surface area contributed by atoms with Crippen molar-refractivity contribution in [2.75, 3.05) is 0 Å². The third kappa shape index (κ3) is 7.50. The maximum Gasteiger partial charge on any atom is 0.150 e. The molecule has 0 aliphatic rings. The highest BCUT2D eigenvalue weighted by atomic mass is 19.1. The molecule has 0 fully saturated rings. The van der Waals surface area contributed by atoms with E-state index in [1.165, 1.54) is 0 Å². The number of hydrogen-bond donors (Lipinski definition) is 0. The van der Waals surface area contributed by atoms with E-state index in [1.54, 1.807) is 12.2 Å². The minimum absolute atomic E-state index is 0.241. The van der Waals surface area contributed by atoms with Crippen molar-refractivity contribution < 1.29 is 14.0 Å². The summed E-state index contributed by atoms with van der Waals surface area (Å²) in [4.78, 5) is 22.5. The van der Waals surface area contributed by atoms with Gasteiger partial charge in [-0.05, 0) is 25.3 Å². The van der Waals surface area contributed by atoms with E-state index >= 15 is 0 Å². The Bertz CT molecular complexity index is 390. The van der Waals surface area contributed by atoms with Gasteiger partial charge in [-0.15, -0.1) is 0 Å². The molecule has 0 bridgehead atoms. The van der Waals surface area contributed by atoms with Crippen molar-refractivity contribution in [1.82, 2.24) is 0 Å². The molecular formula is C16H23FO2. The Morgan fingerprint density at radius 3 is 2.47 bits per heavy atom. The van der Waals surface area contributed by atoms with Crippen LogP contribution < -0.4 is 0 Å². The Kier molecular flexibility index (Phi) is 7.89. The topological polar surface area (TPSA) is 34.1 Å². The molecule has 0 aromatic carbocycles. The number of rotatable bonds is 9. The van der Waals surface area contributed by atoms with Crippen LogP contribution in [0.5, 0.6) is 0 Å². The molecule has 2 nitrogen and oxygen atoms in total. The van der Waals surface area contributed by atoms with E-state index in [2.05, 4.69) is 6.58 Å². The SMILES string of the molecule is C=C(F)/C=C(C=O)\C=C/CCC(C)(C)C(=O)CCC. The standard InChI is InChI=1S/C16H23FO2/c1-5-8-15(19)16(3,4)10-7-6-9-14(12-18)11-13(2)17/h6,9,11-12H,2,5,7-8,10H2,1,3-4H3/b9-6-,14-11+. The first-order valence-corrected chi connectivity index (χ1v) is 6.54. The molecule has 0 unspecified atom stereocenters. The average molecular weight is 266 g/mol. The molecule has 106 valence electrons. The van der Waals surface area contributed by atoms with E-state index in [9.17, 15) is 14.0 Å². The van der Waals surface area contributed by atoms with Crippen molar-refractivity contribution in [3.8, 4) is 0 Å². The molecule has 0 heterocycles. The van der Waals surface area contributed by atoms with Crippen LogP contribution >= 0.6 is 0 Å². The summed E-state index contributed by atoms with van der Waals surface area (Å²) < 4.78 is 12.5. The summed E-state index contributed by atoms with van der Waals surface area (Å²) >= 11 is 0. The molecule has 0 radical (unpaired) electrons. The number of ketones is 1. The van der Waals surface area contributed by atoms with Gasteiger partial charge >= 0.3 is 0 Å². The maximum atomic E-state index is 12.5. The van der Waals surface area contributed by atoms with Crippen molar-refractivity contribution in [3.63, 3.8) is 0 Å². The van der Waals surface area contributed by atoms with Gasteiger partial charge in [0.05, 0.1) is 0 Å². The first kappa shape index (κ1) is 17.5. The van der Waals surface area contributed by atoms with Crippen molar-refractivity contribution in [3.05, 3.63) is 36.2 Å². The van der Waals surface area contributed by atoms with Gasteiger partial charge in [-0.3, -0.25) is 9.59 Å². The van der Waals surface area contributed by atoms with Gasteiger partial charge in [-0.25, -0.2) is 4.39 Å². The molecule has 0 N–H and O–H groups in total. The minimum Gasteiger partial charge on any atom is -0.299 e. The second kappa shape index (κ2) is 8.57. The van der Waals surface area contributed by atoms with Gasteiger partial charge in [0.15, 0.2) is 0 Å². The van der Waals surface area contributed by atoms with E-state index in [1.807, 2.05) is 20.8 Å². The molecule has 0 spiro atoms. The van der Waals surface area contributed by atoms with Crippen LogP contribution in [0.3, 0.4) is 0 Å². The number of allylic oxidation sites excluding steroid dienone is 5. The quantitative estimate of drug-likeness (QED) is 0.354. The van der Waals surface area contributed by atoms with Crippen LogP contribution in [0, 0.1) is 5.41 Å². The van der Waals surface area contributed by atoms with Gasteiger partial charge in [0.2, 0.25) is 0 Å². The lowest BCUT2D eigenvalue weighted by Gasteiger charge is -2.21. The Morgan fingerprint density at radius 2 is 2.00 bits per heavy atom. The predicted molar refractivity (Wildman–Crippen MR) is 76.5 cm³/mol. The Hall–Kier alpha value is -1.51. The fraction of sp³-hybridized carbons (Fsp3) is 0.500. The molecule has 0 atom stereocenters. The number of Topliss-reactive ketones (excluding diaryl/α,β-unsaturated/α-hetero) is 1. The molecule has 0 aliphatic carbocycles. The summed E-state index contributed by atoms with van der Waals surface area (Å²) in [5, 5.41) is 0. The van der Waals surface area contributed by atoms with Crippen LogP contribution in [-0.4, -0.2) is 12.1 Å². The van der Waals surface area contributed by atoms with Gasteiger partial charge in [0.25, 0.3) is 0 Å². The van der Waals surface area contributed by atoms with E-state index in [4.69, 9.17) is 0 Å². The predicted octanol–water partition coefficient (Wildman–Crippen LogP) is 4.33. The second-order valence-corrected chi connectivity index (χ2v) is 5.21. The molecule has 0 aliphatic heterocycles. The zero-order chi connectivity index (χ0) is 14.9. The van der Waals surface area contributed by atoms with E-state index in [-0.39, 0.29) is 16.8 Å². The lowest BCUT2D eigenvalue weighted by atomic mass is 9.81. The van der Waals surface area contributed by atoms with Gasteiger partial charge in [-0.1, -0.05) is 39.5 Å². The molecule has 0 rings (SSSR count). The normalized spacial score (nSPS) is 12.7. The number of halogens is 1. The van der Waals surface area contributed by atoms with E-state index < -0.39 is 5.83 Å². The fourth-order valence-corrected chi connectivity index (χ4v) is 1.67. The summed E-state index contributed by atoms with van der Waals surface area (Å²) in [6.45, 7) is 8.92. The Balaban J connectivity index is 4.39. The molecule has 19 heavy (non-hydrogen) atoms. The summed E-state index contributed by atoms with van der Waals surface area (Å²) in [7, 11) is 0. The van der Waals surface area contributed by atoms with Gasteiger partial charge < -0.3 is 0 Å². The summed E-state index contributed by atoms with van der Waals surface area (Å²) in [5.74, 6) is -0.392. The van der Waals surface area contributed by atoms with Gasteiger partial charge in [0.1, 0.15) is 17.9 Å². The molecule has 0 aromatic heterocycles. The maximum absolute atomic E-state index is 12.5. The molecule has 0 aromatic rings. The summed E-state index contributed by atoms with van der Waals surface area (Å²) in [5.41, 5.74) is -0.111. The largest absolute Gasteiger partial charge is 0.299 e. The molecular weight excluding hydrogens is 243 g/mol. The highest BCUT2D eigenvalue weighted by Gasteiger charge is 2.25. The number of carbonyl (C=O) groups is 2. The fourth-order valence-electron chi connectivity index (χ4n) is 1.67. The van der Waals surface area contributed by atoms with Crippen molar-refractivity contribution in [2.45, 2.75) is 46.5 Å². The van der Waals surface area contributed by atoms with E-state index in [0.717, 1.165) is 12.5 Å².